The molecule has 0 radical (unpaired) electrons. The van der Waals surface area contributed by atoms with Crippen LogP contribution in [0.4, 0.5) is 11.4 Å². The third-order valence-corrected chi connectivity index (χ3v) is 14.5. The Hall–Kier alpha value is -5.34. The summed E-state index contributed by atoms with van der Waals surface area (Å²) in [6.45, 7) is 32.1. The molecule has 66 heavy (non-hydrogen) atoms. The molecule has 0 N–H and O–H groups in total. The summed E-state index contributed by atoms with van der Waals surface area (Å²) in [6, 6.07) is 38.4. The minimum absolute atomic E-state index is 0.153. The van der Waals surface area contributed by atoms with Gasteiger partial charge in [0.15, 0.2) is 0 Å². The second kappa shape index (κ2) is 22.9. The molecule has 0 spiro atoms. The molecule has 0 aliphatic rings. The zero-order valence-electron chi connectivity index (χ0n) is 43.3. The van der Waals surface area contributed by atoms with Crippen LogP contribution in [0.25, 0.3) is 0 Å². The SMILES string of the molecule is CCc1cc(CC)cc([C@@H](C)c2cc(C)cc([C@H](C)c3cc(CC)cc(CC)c3)c2N=CC=Nc2c([C@H](C)c3cc(CC)cc(CC)c3)cc(C)cc2[C@H](C)c2cc(CC)cc(CC)c2)c1. The van der Waals surface area contributed by atoms with E-state index in [-0.39, 0.29) is 23.7 Å². The minimum Gasteiger partial charge on any atom is -0.255 e. The average molecular weight is 877 g/mol. The van der Waals surface area contributed by atoms with E-state index in [1.165, 1.54) is 100 Å². The average Bonchev–Trinajstić information content (AvgIpc) is 3.35. The molecule has 2 heteroatoms. The van der Waals surface area contributed by atoms with Crippen LogP contribution in [0.5, 0.6) is 0 Å². The lowest BCUT2D eigenvalue weighted by Crippen LogP contribution is -2.06. The van der Waals surface area contributed by atoms with Crippen molar-refractivity contribution in [2.75, 3.05) is 0 Å². The molecular weight excluding hydrogens is 797 g/mol. The van der Waals surface area contributed by atoms with E-state index in [0.29, 0.717) is 0 Å². The molecule has 0 amide bonds. The van der Waals surface area contributed by atoms with Crippen LogP contribution >= 0.6 is 0 Å². The molecule has 2 nitrogen and oxygen atoms in total. The molecule has 4 atom stereocenters. The zero-order chi connectivity index (χ0) is 47.7. The van der Waals surface area contributed by atoms with Crippen LogP contribution in [0, 0.1) is 13.8 Å². The molecule has 0 fully saturated rings. The predicted octanol–water partition coefficient (Wildman–Crippen LogP) is 17.5. The lowest BCUT2D eigenvalue weighted by atomic mass is 9.82. The van der Waals surface area contributed by atoms with Gasteiger partial charge in [0.1, 0.15) is 0 Å². The van der Waals surface area contributed by atoms with E-state index in [1.54, 1.807) is 0 Å². The summed E-state index contributed by atoms with van der Waals surface area (Å²) in [5.74, 6) is 0.614. The summed E-state index contributed by atoms with van der Waals surface area (Å²) < 4.78 is 0. The number of rotatable bonds is 19. The molecule has 0 aliphatic heterocycles. The van der Waals surface area contributed by atoms with Crippen LogP contribution in [-0.4, -0.2) is 12.4 Å². The Morgan fingerprint density at radius 1 is 0.303 bits per heavy atom. The summed E-state index contributed by atoms with van der Waals surface area (Å²) >= 11 is 0. The molecule has 0 aromatic heterocycles. The van der Waals surface area contributed by atoms with E-state index >= 15 is 0 Å². The van der Waals surface area contributed by atoms with E-state index < -0.39 is 0 Å². The molecule has 0 saturated carbocycles. The van der Waals surface area contributed by atoms with Gasteiger partial charge in [-0.2, -0.15) is 0 Å². The number of benzene rings is 6. The van der Waals surface area contributed by atoms with Crippen molar-refractivity contribution < 1.29 is 0 Å². The Morgan fingerprint density at radius 2 is 0.485 bits per heavy atom. The molecule has 6 aromatic carbocycles. The van der Waals surface area contributed by atoms with Crippen LogP contribution < -0.4 is 0 Å². The first kappa shape index (κ1) is 50.1. The van der Waals surface area contributed by atoms with Crippen LogP contribution in [0.3, 0.4) is 0 Å². The first-order valence-electron chi connectivity index (χ1n) is 25.6. The minimum atomic E-state index is 0.153. The molecule has 0 aliphatic carbocycles. The van der Waals surface area contributed by atoms with Crippen molar-refractivity contribution in [1.29, 1.82) is 0 Å². The Balaban J connectivity index is 1.56. The standard InChI is InChI=1S/C64H80N2/c1-15-47-29-48(16-2)34-55(33-47)43(11)59-25-41(9)26-60(44(12)56-35-49(17-3)30-50(18-4)36-56)63(59)65-23-24-66-64-61(45(13)57-37-51(19-5)31-52(20-6)38-57)27-42(10)28-62(64)46(14)58-39-53(21-7)32-54(22-8)40-58/h23-40,43-46H,15-22H2,1-14H3/t43-,44-,45-,46-/m1/s1. The maximum atomic E-state index is 5.53. The van der Waals surface area contributed by atoms with Crippen LogP contribution in [0.15, 0.2) is 107 Å². The first-order chi connectivity index (χ1) is 31.8. The van der Waals surface area contributed by atoms with Crippen LogP contribution in [0.1, 0.15) is 207 Å². The van der Waals surface area contributed by atoms with Gasteiger partial charge in [0, 0.05) is 36.1 Å². The van der Waals surface area contributed by atoms with Crippen molar-refractivity contribution in [2.24, 2.45) is 9.98 Å². The summed E-state index contributed by atoms with van der Waals surface area (Å²) in [7, 11) is 0. The van der Waals surface area contributed by atoms with E-state index in [1.807, 2.05) is 12.4 Å². The molecular formula is C64H80N2. The lowest BCUT2D eigenvalue weighted by Gasteiger charge is -2.24. The number of aliphatic imine (C=N–C) groups is 2. The fourth-order valence-electron chi connectivity index (χ4n) is 10.0. The normalized spacial score (nSPS) is 13.7. The highest BCUT2D eigenvalue weighted by atomic mass is 14.8. The van der Waals surface area contributed by atoms with Gasteiger partial charge in [-0.05, 0) is 154 Å². The third-order valence-electron chi connectivity index (χ3n) is 14.5. The van der Waals surface area contributed by atoms with Gasteiger partial charge in [-0.25, -0.2) is 0 Å². The molecule has 6 rings (SSSR count). The molecule has 346 valence electrons. The highest BCUT2D eigenvalue weighted by molar-refractivity contribution is 6.17. The second-order valence-electron chi connectivity index (χ2n) is 19.2. The lowest BCUT2D eigenvalue weighted by molar-refractivity contribution is 0.873. The molecule has 6 aromatic rings. The maximum Gasteiger partial charge on any atom is 0.0706 e. The summed E-state index contributed by atoms with van der Waals surface area (Å²) in [5.41, 5.74) is 26.3. The number of aryl methyl sites for hydroxylation is 10. The smallest absolute Gasteiger partial charge is 0.0706 e. The topological polar surface area (TPSA) is 24.7 Å². The molecule has 0 heterocycles. The van der Waals surface area contributed by atoms with Gasteiger partial charge in [-0.15, -0.1) is 0 Å². The monoisotopic (exact) mass is 877 g/mol. The third kappa shape index (κ3) is 11.6. The van der Waals surface area contributed by atoms with Gasteiger partial charge in [0.2, 0.25) is 0 Å². The Labute approximate surface area is 401 Å². The molecule has 0 bridgehead atoms. The Morgan fingerprint density at radius 3 is 0.652 bits per heavy atom. The summed E-state index contributed by atoms with van der Waals surface area (Å²) in [5, 5.41) is 0. The van der Waals surface area contributed by atoms with E-state index in [0.717, 1.165) is 62.7 Å². The predicted molar refractivity (Wildman–Crippen MR) is 290 cm³/mol. The van der Waals surface area contributed by atoms with E-state index in [9.17, 15) is 0 Å². The van der Waals surface area contributed by atoms with Crippen molar-refractivity contribution in [3.63, 3.8) is 0 Å². The van der Waals surface area contributed by atoms with Crippen LogP contribution in [-0.2, 0) is 51.4 Å². The fourth-order valence-corrected chi connectivity index (χ4v) is 10.0. The number of nitrogens with zero attached hydrogens (tertiary/aromatic N) is 2. The van der Waals surface area contributed by atoms with Gasteiger partial charge in [-0.1, -0.05) is 191 Å². The largest absolute Gasteiger partial charge is 0.255 e. The van der Waals surface area contributed by atoms with Crippen molar-refractivity contribution >= 4 is 23.8 Å². The van der Waals surface area contributed by atoms with Crippen molar-refractivity contribution in [2.45, 2.75) is 172 Å². The van der Waals surface area contributed by atoms with Gasteiger partial charge >= 0.3 is 0 Å². The van der Waals surface area contributed by atoms with Gasteiger partial charge in [0.05, 0.1) is 11.4 Å². The number of hydrogen-bond acceptors (Lipinski definition) is 2. The highest BCUT2D eigenvalue weighted by Crippen LogP contribution is 2.43. The Bertz CT molecular complexity index is 2230. The first-order valence-corrected chi connectivity index (χ1v) is 25.6. The van der Waals surface area contributed by atoms with Crippen LogP contribution in [0.2, 0.25) is 0 Å². The van der Waals surface area contributed by atoms with Gasteiger partial charge in [-0.3, -0.25) is 9.98 Å². The Kier molecular flexibility index (Phi) is 17.4. The van der Waals surface area contributed by atoms with Crippen molar-refractivity contribution in [3.8, 4) is 0 Å². The quantitative estimate of drug-likeness (QED) is 0.0725. The van der Waals surface area contributed by atoms with E-state index in [4.69, 9.17) is 9.98 Å². The number of hydrogen-bond donors (Lipinski definition) is 0. The highest BCUT2D eigenvalue weighted by Gasteiger charge is 2.24. The summed E-state index contributed by atoms with van der Waals surface area (Å²) in [4.78, 5) is 11.1. The summed E-state index contributed by atoms with van der Waals surface area (Å²) in [6.07, 6.45) is 12.1. The maximum absolute atomic E-state index is 5.53. The van der Waals surface area contributed by atoms with Crippen molar-refractivity contribution in [3.05, 3.63) is 197 Å². The van der Waals surface area contributed by atoms with Crippen molar-refractivity contribution in [1.82, 2.24) is 0 Å². The van der Waals surface area contributed by atoms with E-state index in [2.05, 4.69) is 194 Å². The molecule has 0 saturated heterocycles. The van der Waals surface area contributed by atoms with Gasteiger partial charge in [0.25, 0.3) is 0 Å². The van der Waals surface area contributed by atoms with Gasteiger partial charge < -0.3 is 0 Å². The molecule has 0 unspecified atom stereocenters. The fraction of sp³-hybridized carbons (Fsp3) is 0.406. The second-order valence-corrected chi connectivity index (χ2v) is 19.2. The zero-order valence-corrected chi connectivity index (χ0v) is 43.3.